The summed E-state index contributed by atoms with van der Waals surface area (Å²) >= 11 is 0. The number of anilines is 1. The van der Waals surface area contributed by atoms with E-state index < -0.39 is 23.5 Å². The number of nitrogens with zero attached hydrogens (tertiary/aromatic N) is 2. The molecule has 0 radical (unpaired) electrons. The summed E-state index contributed by atoms with van der Waals surface area (Å²) in [4.78, 5) is 16.9. The number of benzene rings is 3. The number of para-hydroxylation sites is 1. The van der Waals surface area contributed by atoms with Crippen molar-refractivity contribution in [2.45, 2.75) is 46.0 Å². The minimum absolute atomic E-state index is 0.119. The van der Waals surface area contributed by atoms with Gasteiger partial charge in [-0.3, -0.25) is 4.79 Å². The monoisotopic (exact) mass is 543 g/mol. The number of amides is 1. The maximum absolute atomic E-state index is 14.5. The van der Waals surface area contributed by atoms with Crippen LogP contribution in [0.25, 0.3) is 11.1 Å². The second-order valence-corrected chi connectivity index (χ2v) is 9.65. The Labute approximate surface area is 226 Å². The molecule has 1 amide bonds. The van der Waals surface area contributed by atoms with Crippen LogP contribution in [0, 0.1) is 12.7 Å². The molecule has 3 aromatic carbocycles. The first-order valence-electron chi connectivity index (χ1n) is 13.1. The summed E-state index contributed by atoms with van der Waals surface area (Å²) in [6, 6.07) is 14.2. The summed E-state index contributed by atoms with van der Waals surface area (Å²) in [5.41, 5.74) is 8.46. The van der Waals surface area contributed by atoms with Gasteiger partial charge in [0.1, 0.15) is 0 Å². The number of carbonyl (C=O) groups is 1. The Kier molecular flexibility index (Phi) is 8.49. The molecule has 208 valence electrons. The van der Waals surface area contributed by atoms with Gasteiger partial charge in [0, 0.05) is 43.5 Å². The van der Waals surface area contributed by atoms with Crippen LogP contribution in [0.1, 0.15) is 47.3 Å². The molecule has 0 saturated carbocycles. The molecule has 39 heavy (non-hydrogen) atoms. The first-order valence-corrected chi connectivity index (χ1v) is 13.1. The zero-order chi connectivity index (χ0) is 28.3. The maximum atomic E-state index is 14.5. The minimum atomic E-state index is -4.62. The molecule has 0 aliphatic carbocycles. The van der Waals surface area contributed by atoms with E-state index in [-0.39, 0.29) is 37.0 Å². The van der Waals surface area contributed by atoms with Crippen LogP contribution in [-0.2, 0) is 12.7 Å². The van der Waals surface area contributed by atoms with E-state index in [0.717, 1.165) is 22.9 Å². The summed E-state index contributed by atoms with van der Waals surface area (Å²) in [6.07, 6.45) is -3.95. The normalized spacial score (nSPS) is 15.9. The predicted molar refractivity (Wildman–Crippen MR) is 144 cm³/mol. The third kappa shape index (κ3) is 5.88. The summed E-state index contributed by atoms with van der Waals surface area (Å²) in [5, 5.41) is 0. The van der Waals surface area contributed by atoms with Crippen molar-refractivity contribution in [2.75, 3.05) is 31.1 Å². The molecule has 1 fully saturated rings. The van der Waals surface area contributed by atoms with Crippen LogP contribution >= 0.6 is 0 Å². The molecule has 4 rings (SSSR count). The lowest BCUT2D eigenvalue weighted by molar-refractivity contribution is -0.138. The third-order valence-electron chi connectivity index (χ3n) is 7.13. The number of halogens is 4. The van der Waals surface area contributed by atoms with Gasteiger partial charge in [-0.05, 0) is 61.7 Å². The Balaban J connectivity index is 1.61. The number of alkyl halides is 3. The van der Waals surface area contributed by atoms with Crippen molar-refractivity contribution < 1.29 is 27.1 Å². The van der Waals surface area contributed by atoms with Crippen molar-refractivity contribution >= 4 is 11.6 Å². The first kappa shape index (κ1) is 28.4. The van der Waals surface area contributed by atoms with Crippen LogP contribution in [0.15, 0.2) is 54.6 Å². The lowest BCUT2D eigenvalue weighted by atomic mass is 9.98. The van der Waals surface area contributed by atoms with Crippen LogP contribution in [0.4, 0.5) is 23.2 Å². The highest BCUT2D eigenvalue weighted by Gasteiger charge is 2.38. The van der Waals surface area contributed by atoms with Gasteiger partial charge in [-0.15, -0.1) is 0 Å². The molecule has 5 nitrogen and oxygen atoms in total. The number of nitrogens with two attached hydrogens (primary N) is 1. The first-order chi connectivity index (χ1) is 18.6. The molecular formula is C30H33F4N3O2. The van der Waals surface area contributed by atoms with Gasteiger partial charge in [-0.2, -0.15) is 13.2 Å². The number of aryl methyl sites for hydroxylation is 1. The van der Waals surface area contributed by atoms with Gasteiger partial charge in [0.2, 0.25) is 0 Å². The number of rotatable bonds is 7. The van der Waals surface area contributed by atoms with Gasteiger partial charge < -0.3 is 20.3 Å². The van der Waals surface area contributed by atoms with Crippen LogP contribution < -0.4 is 15.4 Å². The topological polar surface area (TPSA) is 58.8 Å². The Morgan fingerprint density at radius 2 is 1.85 bits per heavy atom. The van der Waals surface area contributed by atoms with Crippen LogP contribution in [-0.4, -0.2) is 43.1 Å². The van der Waals surface area contributed by atoms with Gasteiger partial charge in [-0.25, -0.2) is 4.39 Å². The van der Waals surface area contributed by atoms with Gasteiger partial charge in [0.25, 0.3) is 5.91 Å². The molecule has 0 aromatic heterocycles. The molecule has 1 aliphatic rings. The molecule has 9 heteroatoms. The van der Waals surface area contributed by atoms with Crippen molar-refractivity contribution in [3.8, 4) is 16.9 Å². The van der Waals surface area contributed by atoms with Crippen molar-refractivity contribution in [1.82, 2.24) is 4.90 Å². The van der Waals surface area contributed by atoms with E-state index in [9.17, 15) is 22.4 Å². The van der Waals surface area contributed by atoms with E-state index in [2.05, 4.69) is 4.90 Å². The standard InChI is InChI=1S/C30H33F4N3O2/c1-4-22-18-36(29(38)24-11-9-19(3)15-25(24)30(32,33)34)13-14-37(22)27-12-10-20(16-21(27)17-35)23-7-6-8-26(31)28(23)39-5-2/h6-12,15-16,22H,4-5,13-14,17-18,35H2,1-3H3/t22-/m1/s1. The molecule has 0 bridgehead atoms. The highest BCUT2D eigenvalue weighted by Crippen LogP contribution is 2.37. The van der Waals surface area contributed by atoms with E-state index in [0.29, 0.717) is 30.7 Å². The molecular weight excluding hydrogens is 510 g/mol. The fraction of sp³-hybridized carbons (Fsp3) is 0.367. The fourth-order valence-electron chi connectivity index (χ4n) is 5.18. The SMILES string of the molecule is CCOc1c(F)cccc1-c1ccc(N2CCN(C(=O)c3ccc(C)cc3C(F)(F)F)C[C@H]2CC)c(CN)c1. The van der Waals surface area contributed by atoms with Crippen LogP contribution in [0.2, 0.25) is 0 Å². The predicted octanol–water partition coefficient (Wildman–Crippen LogP) is 6.42. The molecule has 1 aliphatic heterocycles. The van der Waals surface area contributed by atoms with E-state index >= 15 is 0 Å². The molecule has 1 atom stereocenters. The number of ether oxygens (including phenoxy) is 1. The van der Waals surface area contributed by atoms with E-state index in [4.69, 9.17) is 10.5 Å². The molecule has 1 heterocycles. The van der Waals surface area contributed by atoms with Crippen molar-refractivity contribution in [1.29, 1.82) is 0 Å². The van der Waals surface area contributed by atoms with Crippen molar-refractivity contribution in [3.05, 3.63) is 82.7 Å². The number of piperazine rings is 1. The van der Waals surface area contributed by atoms with E-state index in [1.54, 1.807) is 26.0 Å². The largest absolute Gasteiger partial charge is 0.490 e. The maximum Gasteiger partial charge on any atom is 0.417 e. The zero-order valence-corrected chi connectivity index (χ0v) is 22.3. The molecule has 1 saturated heterocycles. The van der Waals surface area contributed by atoms with Crippen molar-refractivity contribution in [3.63, 3.8) is 0 Å². The highest BCUT2D eigenvalue weighted by atomic mass is 19.4. The Morgan fingerprint density at radius 3 is 2.51 bits per heavy atom. The lowest BCUT2D eigenvalue weighted by Crippen LogP contribution is -2.55. The summed E-state index contributed by atoms with van der Waals surface area (Å²) in [5.74, 6) is -0.880. The quantitative estimate of drug-likeness (QED) is 0.350. The second kappa shape index (κ2) is 11.7. The number of hydrogen-bond donors (Lipinski definition) is 1. The minimum Gasteiger partial charge on any atom is -0.490 e. The molecule has 0 unspecified atom stereocenters. The summed E-state index contributed by atoms with van der Waals surface area (Å²) in [7, 11) is 0. The fourth-order valence-corrected chi connectivity index (χ4v) is 5.18. The summed E-state index contributed by atoms with van der Waals surface area (Å²) in [6.45, 7) is 6.89. The zero-order valence-electron chi connectivity index (χ0n) is 22.3. The Bertz CT molecular complexity index is 1340. The lowest BCUT2D eigenvalue weighted by Gasteiger charge is -2.43. The van der Waals surface area contributed by atoms with Gasteiger partial charge >= 0.3 is 6.18 Å². The van der Waals surface area contributed by atoms with Crippen molar-refractivity contribution in [2.24, 2.45) is 5.73 Å². The van der Waals surface area contributed by atoms with Gasteiger partial charge in [-0.1, -0.05) is 36.8 Å². The Hall–Kier alpha value is -3.59. The van der Waals surface area contributed by atoms with E-state index in [1.807, 2.05) is 25.1 Å². The third-order valence-corrected chi connectivity index (χ3v) is 7.13. The number of carbonyl (C=O) groups excluding carboxylic acids is 1. The summed E-state index contributed by atoms with van der Waals surface area (Å²) < 4.78 is 61.1. The van der Waals surface area contributed by atoms with Gasteiger partial charge in [0.15, 0.2) is 11.6 Å². The Morgan fingerprint density at radius 1 is 1.08 bits per heavy atom. The number of hydrogen-bond acceptors (Lipinski definition) is 4. The van der Waals surface area contributed by atoms with E-state index in [1.165, 1.54) is 23.1 Å². The molecule has 2 N–H and O–H groups in total. The molecule has 3 aromatic rings. The van der Waals surface area contributed by atoms with Crippen LogP contribution in [0.5, 0.6) is 5.75 Å². The van der Waals surface area contributed by atoms with Crippen LogP contribution in [0.3, 0.4) is 0 Å². The average Bonchev–Trinajstić information content (AvgIpc) is 2.92. The van der Waals surface area contributed by atoms with Gasteiger partial charge in [0.05, 0.1) is 17.7 Å². The highest BCUT2D eigenvalue weighted by molar-refractivity contribution is 5.96. The second-order valence-electron chi connectivity index (χ2n) is 9.65. The molecule has 0 spiro atoms. The average molecular weight is 544 g/mol. The smallest absolute Gasteiger partial charge is 0.417 e.